The zero-order valence-corrected chi connectivity index (χ0v) is 19.9. The van der Waals surface area contributed by atoms with Gasteiger partial charge in [-0.2, -0.15) is 8.42 Å². The second-order valence-corrected chi connectivity index (χ2v) is 9.66. The third-order valence-electron chi connectivity index (χ3n) is 3.65. The Morgan fingerprint density at radius 3 is 2.13 bits per heavy atom. The van der Waals surface area contributed by atoms with Crippen molar-refractivity contribution in [2.24, 2.45) is 0 Å². The van der Waals surface area contributed by atoms with Crippen LogP contribution >= 0.6 is 15.9 Å². The van der Waals surface area contributed by atoms with Crippen molar-refractivity contribution in [3.05, 3.63) is 34.8 Å². The van der Waals surface area contributed by atoms with Gasteiger partial charge < -0.3 is 18.4 Å². The quantitative estimate of drug-likeness (QED) is 0.566. The van der Waals surface area contributed by atoms with Crippen LogP contribution in [-0.2, 0) is 14.9 Å². The largest absolute Gasteiger partial charge is 0.495 e. The van der Waals surface area contributed by atoms with Crippen LogP contribution in [0, 0.1) is 0 Å². The Balaban J connectivity index is 2.53. The molecule has 2 aromatic carbocycles. The van der Waals surface area contributed by atoms with Crippen LogP contribution in [0.15, 0.2) is 34.8 Å². The summed E-state index contributed by atoms with van der Waals surface area (Å²) < 4.78 is 44.3. The highest BCUT2D eigenvalue weighted by Crippen LogP contribution is 2.47. The Labute approximate surface area is 184 Å². The molecule has 0 heterocycles. The number of hydrogen-bond donors (Lipinski definition) is 1. The van der Waals surface area contributed by atoms with Gasteiger partial charge in [-0.25, -0.2) is 4.79 Å². The third kappa shape index (κ3) is 6.27. The molecule has 0 saturated carbocycles. The molecular formula is C20H24BrNO7S. The molecule has 0 aliphatic carbocycles. The predicted molar refractivity (Wildman–Crippen MR) is 118 cm³/mol. The summed E-state index contributed by atoms with van der Waals surface area (Å²) in [5, 5.41) is 2.70. The fourth-order valence-corrected chi connectivity index (χ4v) is 3.59. The first-order chi connectivity index (χ1) is 13.8. The molecule has 8 nitrogen and oxygen atoms in total. The molecular weight excluding hydrogens is 478 g/mol. The van der Waals surface area contributed by atoms with E-state index in [1.54, 1.807) is 39.0 Å². The van der Waals surface area contributed by atoms with Gasteiger partial charge in [0.1, 0.15) is 22.8 Å². The average Bonchev–Trinajstić information content (AvgIpc) is 2.61. The van der Waals surface area contributed by atoms with Crippen LogP contribution in [0.25, 0.3) is 11.1 Å². The van der Waals surface area contributed by atoms with Crippen LogP contribution in [0.3, 0.4) is 0 Å². The lowest BCUT2D eigenvalue weighted by molar-refractivity contribution is 0.0635. The first-order valence-electron chi connectivity index (χ1n) is 8.79. The van der Waals surface area contributed by atoms with Gasteiger partial charge >= 0.3 is 16.2 Å². The molecule has 1 N–H and O–H groups in total. The van der Waals surface area contributed by atoms with Crippen molar-refractivity contribution in [3.63, 3.8) is 0 Å². The van der Waals surface area contributed by atoms with E-state index >= 15 is 0 Å². The summed E-state index contributed by atoms with van der Waals surface area (Å²) in [4.78, 5) is 12.3. The van der Waals surface area contributed by atoms with Gasteiger partial charge in [0.15, 0.2) is 5.75 Å². The molecule has 0 radical (unpaired) electrons. The number of carbonyl (C=O) groups excluding carboxylic acids is 1. The molecule has 0 aromatic heterocycles. The molecule has 0 atom stereocenters. The first-order valence-corrected chi connectivity index (χ1v) is 11.4. The highest BCUT2D eigenvalue weighted by atomic mass is 79.9. The topological polar surface area (TPSA) is 100 Å². The maximum Gasteiger partial charge on any atom is 0.412 e. The molecule has 10 heteroatoms. The van der Waals surface area contributed by atoms with Crippen LogP contribution in [0.4, 0.5) is 10.5 Å². The van der Waals surface area contributed by atoms with E-state index in [1.807, 2.05) is 0 Å². The third-order valence-corrected chi connectivity index (χ3v) is 4.93. The normalized spacial score (nSPS) is 11.6. The zero-order valence-electron chi connectivity index (χ0n) is 17.5. The monoisotopic (exact) mass is 501 g/mol. The van der Waals surface area contributed by atoms with Crippen molar-refractivity contribution >= 4 is 37.8 Å². The number of rotatable bonds is 6. The van der Waals surface area contributed by atoms with E-state index in [0.717, 1.165) is 6.26 Å². The van der Waals surface area contributed by atoms with E-state index in [9.17, 15) is 13.2 Å². The van der Waals surface area contributed by atoms with Gasteiger partial charge in [0.2, 0.25) is 0 Å². The average molecular weight is 502 g/mol. The molecule has 0 spiro atoms. The van der Waals surface area contributed by atoms with Gasteiger partial charge in [0, 0.05) is 5.56 Å². The minimum absolute atomic E-state index is 0.177. The van der Waals surface area contributed by atoms with Gasteiger partial charge in [-0.05, 0) is 60.5 Å². The van der Waals surface area contributed by atoms with E-state index in [1.165, 1.54) is 26.4 Å². The lowest BCUT2D eigenvalue weighted by Gasteiger charge is -2.22. The van der Waals surface area contributed by atoms with E-state index in [2.05, 4.69) is 21.2 Å². The Hall–Kier alpha value is -2.46. The van der Waals surface area contributed by atoms with Gasteiger partial charge in [0.05, 0.1) is 24.9 Å². The summed E-state index contributed by atoms with van der Waals surface area (Å²) in [7, 11) is -0.663. The minimum Gasteiger partial charge on any atom is -0.495 e. The molecule has 0 unspecified atom stereocenters. The fraction of sp³-hybridized carbons (Fsp3) is 0.350. The number of carbonyl (C=O) groups is 1. The molecule has 0 fully saturated rings. The van der Waals surface area contributed by atoms with Crippen molar-refractivity contribution in [1.82, 2.24) is 0 Å². The Morgan fingerprint density at radius 2 is 1.67 bits per heavy atom. The highest BCUT2D eigenvalue weighted by molar-refractivity contribution is 9.10. The maximum atomic E-state index is 12.3. The van der Waals surface area contributed by atoms with Gasteiger partial charge in [-0.3, -0.25) is 5.32 Å². The Kier molecular flexibility index (Phi) is 7.25. The lowest BCUT2D eigenvalue weighted by atomic mass is 10.0. The van der Waals surface area contributed by atoms with E-state index in [0.29, 0.717) is 32.8 Å². The van der Waals surface area contributed by atoms with Crippen molar-refractivity contribution < 1.29 is 31.6 Å². The minimum atomic E-state index is -3.63. The predicted octanol–water partition coefficient (Wildman–Crippen LogP) is 4.82. The van der Waals surface area contributed by atoms with Crippen LogP contribution in [-0.4, -0.2) is 40.6 Å². The van der Waals surface area contributed by atoms with Gasteiger partial charge in [-0.15, -0.1) is 0 Å². The number of anilines is 1. The summed E-state index contributed by atoms with van der Waals surface area (Å²) in [6.45, 7) is 5.28. The number of methoxy groups -OCH3 is 2. The molecule has 30 heavy (non-hydrogen) atoms. The standard InChI is InChI=1S/C20H24BrNO7S/c1-20(2,3)28-19(23)22-17-16(21)15(26-4)11-14(18(17)27-5)12-7-9-13(10-8-12)29-30(6,24)25/h7-11H,1-6H3,(H,22,23). The SMILES string of the molecule is COc1cc(-c2ccc(OS(C)(=O)=O)cc2)c(OC)c(NC(=O)OC(C)(C)C)c1Br. The van der Waals surface area contributed by atoms with E-state index in [4.69, 9.17) is 18.4 Å². The number of amides is 1. The van der Waals surface area contributed by atoms with Gasteiger partial charge in [-0.1, -0.05) is 12.1 Å². The number of nitrogens with one attached hydrogen (secondary N) is 1. The number of benzene rings is 2. The molecule has 0 aliphatic rings. The van der Waals surface area contributed by atoms with Crippen LogP contribution in [0.2, 0.25) is 0 Å². The zero-order chi connectivity index (χ0) is 22.7. The second kappa shape index (κ2) is 9.13. The lowest BCUT2D eigenvalue weighted by Crippen LogP contribution is -2.27. The van der Waals surface area contributed by atoms with Gasteiger partial charge in [0.25, 0.3) is 0 Å². The summed E-state index contributed by atoms with van der Waals surface area (Å²) >= 11 is 3.43. The number of halogens is 1. The second-order valence-electron chi connectivity index (χ2n) is 7.29. The Morgan fingerprint density at radius 1 is 1.07 bits per heavy atom. The molecule has 1 amide bonds. The summed E-state index contributed by atoms with van der Waals surface area (Å²) in [6.07, 6.45) is 0.315. The summed E-state index contributed by atoms with van der Waals surface area (Å²) in [5.74, 6) is 0.995. The maximum absolute atomic E-state index is 12.3. The van der Waals surface area contributed by atoms with Crippen molar-refractivity contribution in [3.8, 4) is 28.4 Å². The number of hydrogen-bond acceptors (Lipinski definition) is 7. The molecule has 0 bridgehead atoms. The smallest absolute Gasteiger partial charge is 0.412 e. The molecule has 2 aromatic rings. The van der Waals surface area contributed by atoms with Crippen molar-refractivity contribution in [2.75, 3.05) is 25.8 Å². The molecule has 0 saturated heterocycles. The summed E-state index contributed by atoms with van der Waals surface area (Å²) in [5.41, 5.74) is 0.943. The van der Waals surface area contributed by atoms with Crippen LogP contribution < -0.4 is 19.0 Å². The Bertz CT molecular complexity index is 1030. The highest BCUT2D eigenvalue weighted by Gasteiger charge is 2.24. The molecule has 164 valence electrons. The first kappa shape index (κ1) is 23.8. The summed E-state index contributed by atoms with van der Waals surface area (Å²) in [6, 6.07) is 8.11. The molecule has 0 aliphatic heterocycles. The van der Waals surface area contributed by atoms with Crippen molar-refractivity contribution in [2.45, 2.75) is 26.4 Å². The molecule has 2 rings (SSSR count). The van der Waals surface area contributed by atoms with Crippen molar-refractivity contribution in [1.29, 1.82) is 0 Å². The van der Waals surface area contributed by atoms with E-state index in [-0.39, 0.29) is 5.75 Å². The fourth-order valence-electron chi connectivity index (χ4n) is 2.57. The van der Waals surface area contributed by atoms with E-state index < -0.39 is 21.8 Å². The van der Waals surface area contributed by atoms with Crippen LogP contribution in [0.5, 0.6) is 17.2 Å². The van der Waals surface area contributed by atoms with Crippen LogP contribution in [0.1, 0.15) is 20.8 Å². The number of ether oxygens (including phenoxy) is 3.